The molecule has 0 bridgehead atoms. The number of halogens is 20. The van der Waals surface area contributed by atoms with Gasteiger partial charge in [-0.3, -0.25) is 0 Å². The van der Waals surface area contributed by atoms with Crippen LogP contribution >= 0.6 is 0 Å². The monoisotopic (exact) mass is 916 g/mol. The average Bonchev–Trinajstić information content (AvgIpc) is 3.25. The maximum atomic E-state index is 15.4. The molecule has 0 saturated heterocycles. The zero-order chi connectivity index (χ0) is 47.5. The summed E-state index contributed by atoms with van der Waals surface area (Å²) in [6.07, 6.45) is -3.31. The van der Waals surface area contributed by atoms with Gasteiger partial charge < -0.3 is 0 Å². The van der Waals surface area contributed by atoms with Crippen LogP contribution in [0, 0.1) is 148 Å². The van der Waals surface area contributed by atoms with Crippen LogP contribution in [0.4, 0.5) is 87.8 Å². The summed E-state index contributed by atoms with van der Waals surface area (Å²) in [5.74, 6) is -71.4. The molecule has 63 heavy (non-hydrogen) atoms. The molecule has 2 nitrogen and oxygen atoms in total. The third-order valence-corrected chi connectivity index (χ3v) is 9.91. The van der Waals surface area contributed by atoms with Gasteiger partial charge in [-0.2, -0.15) is 5.26 Å². The quantitative estimate of drug-likeness (QED) is 0.0541. The van der Waals surface area contributed by atoms with Gasteiger partial charge in [0.25, 0.3) is 0 Å². The first-order valence-corrected chi connectivity index (χ1v) is 17.0. The van der Waals surface area contributed by atoms with E-state index in [1.54, 1.807) is 0 Å². The second-order valence-corrected chi connectivity index (χ2v) is 13.5. The first-order chi connectivity index (χ1) is 29.3. The van der Waals surface area contributed by atoms with Crippen molar-refractivity contribution in [3.8, 4) is 6.07 Å². The van der Waals surface area contributed by atoms with Crippen molar-refractivity contribution in [2.75, 3.05) is 0 Å². The van der Waals surface area contributed by atoms with Crippen LogP contribution in [0.5, 0.6) is 0 Å². The second-order valence-electron chi connectivity index (χ2n) is 13.5. The minimum absolute atomic E-state index is 0.698. The number of nitrogens with zero attached hydrogens (tertiary/aromatic N) is 2. The molecule has 23 heteroatoms. The van der Waals surface area contributed by atoms with Gasteiger partial charge in [-0.05, 0) is 31.9 Å². The molecule has 0 radical (unpaired) electrons. The van der Waals surface area contributed by atoms with Gasteiger partial charge in [-0.25, -0.2) is 92.4 Å². The molecule has 0 fully saturated rings. The maximum absolute atomic E-state index is 15.4. The number of hydrogen-bond acceptors (Lipinski definition) is 1. The largest absolute Gasteiger partial charge is 0.207 e. The lowest BCUT2D eigenvalue weighted by atomic mass is 9.12. The third kappa shape index (κ3) is 7.47. The van der Waals surface area contributed by atoms with E-state index in [2.05, 4.69) is 43.5 Å². The zero-order valence-corrected chi connectivity index (χ0v) is 31.2. The summed E-state index contributed by atoms with van der Waals surface area (Å²) in [6.45, 7) is 7.28. The van der Waals surface area contributed by atoms with Gasteiger partial charge in [0.2, 0.25) is 0 Å². The highest BCUT2D eigenvalue weighted by Gasteiger charge is 2.52. The number of pyridine rings is 1. The molecule has 0 aliphatic heterocycles. The van der Waals surface area contributed by atoms with Crippen molar-refractivity contribution in [1.29, 1.82) is 5.26 Å². The van der Waals surface area contributed by atoms with Crippen LogP contribution in [0.25, 0.3) is 0 Å². The van der Waals surface area contributed by atoms with Crippen LogP contribution < -0.4 is 26.4 Å². The van der Waals surface area contributed by atoms with Crippen LogP contribution in [0.2, 0.25) is 0 Å². The lowest BCUT2D eigenvalue weighted by Gasteiger charge is -2.44. The number of aromatic nitrogens is 1. The van der Waals surface area contributed by atoms with Crippen LogP contribution in [-0.4, -0.2) is 6.15 Å². The molecule has 0 unspecified atom stereocenters. The van der Waals surface area contributed by atoms with Crippen molar-refractivity contribution in [3.63, 3.8) is 0 Å². The Labute approximate surface area is 339 Å². The average molecular weight is 916 g/mol. The summed E-state index contributed by atoms with van der Waals surface area (Å²) in [5, 5.41) is 8.78. The Morgan fingerprint density at radius 2 is 0.619 bits per heavy atom. The molecule has 0 spiro atoms. The lowest BCUT2D eigenvalue weighted by molar-refractivity contribution is -0.688. The van der Waals surface area contributed by atoms with Crippen LogP contribution in [0.1, 0.15) is 27.8 Å². The maximum Gasteiger partial charge on any atom is 0.200 e. The van der Waals surface area contributed by atoms with Gasteiger partial charge in [-0.15, -0.1) is 21.9 Å². The Morgan fingerprint density at radius 1 is 0.397 bits per heavy atom. The van der Waals surface area contributed by atoms with E-state index in [-0.39, 0.29) is 0 Å². The summed E-state index contributed by atoms with van der Waals surface area (Å²) in [4.78, 5) is 0. The first-order valence-electron chi connectivity index (χ1n) is 17.0. The SMILES string of the molecule is Cc1cc(C)c(C[n+]2ccc(C#N)cc2)c(C)c1.Fc1c(F)c(F)c([B-](c2c(F)c(F)c(F)c(F)c2F)(c2c(F)c(F)c(F)c(F)c2F)c2c(F)c(F)c(F)c(F)c2F)c(F)c1F. The lowest BCUT2D eigenvalue weighted by Crippen LogP contribution is -2.81. The number of aryl methyl sites for hydroxylation is 3. The van der Waals surface area contributed by atoms with Gasteiger partial charge in [0.1, 0.15) is 52.7 Å². The number of benzene rings is 5. The van der Waals surface area contributed by atoms with Crippen LogP contribution in [0.15, 0.2) is 36.7 Å². The minimum Gasteiger partial charge on any atom is -0.207 e. The smallest absolute Gasteiger partial charge is 0.200 e. The predicted molar refractivity (Wildman–Crippen MR) is 180 cm³/mol. The predicted octanol–water partition coefficient (Wildman–Crippen LogP) is 8.67. The van der Waals surface area contributed by atoms with E-state index in [1.807, 2.05) is 24.5 Å². The molecular weight excluding hydrogens is 899 g/mol. The van der Waals surface area contributed by atoms with E-state index < -0.39 is 144 Å². The summed E-state index contributed by atoms with van der Waals surface area (Å²) in [5.41, 5.74) is -8.32. The van der Waals surface area contributed by atoms with E-state index >= 15 is 35.1 Å². The Bertz CT molecular complexity index is 2510. The van der Waals surface area contributed by atoms with Gasteiger partial charge >= 0.3 is 0 Å². The molecule has 1 heterocycles. The number of rotatable bonds is 6. The molecule has 330 valence electrons. The van der Waals surface area contributed by atoms with Crippen LogP contribution in [-0.2, 0) is 6.54 Å². The standard InChI is InChI=1S/C24BF20.C16H17N2/c26-5-1(6(27)14(35)21(42)13(5)34)25(2-7(28)15(36)22(43)16(37)8(2)29,3-9(30)17(38)23(44)18(39)10(3)31)4-11(32)19(40)24(45)20(41)12(4)33;1-12-8-13(2)16(14(3)9-12)11-18-6-4-15(10-17)5-7-18/h;4-9H,11H2,1-3H3/q-1;+1. The molecule has 0 aliphatic carbocycles. The normalized spacial score (nSPS) is 11.5. The summed E-state index contributed by atoms with van der Waals surface area (Å²) >= 11 is 0. The van der Waals surface area contributed by atoms with E-state index in [9.17, 15) is 52.7 Å². The fraction of sp³-hybridized carbons (Fsp3) is 0.100. The van der Waals surface area contributed by atoms with E-state index in [0.29, 0.717) is 5.56 Å². The number of nitriles is 1. The van der Waals surface area contributed by atoms with Crippen molar-refractivity contribution in [3.05, 3.63) is 181 Å². The van der Waals surface area contributed by atoms with E-state index in [0.717, 1.165) is 6.54 Å². The van der Waals surface area contributed by atoms with Gasteiger partial charge in [0.15, 0.2) is 88.7 Å². The molecule has 1 aromatic heterocycles. The number of hydrogen-bond donors (Lipinski definition) is 0. The highest BCUT2D eigenvalue weighted by Crippen LogP contribution is 2.31. The molecule has 0 saturated carbocycles. The topological polar surface area (TPSA) is 27.7 Å². The highest BCUT2D eigenvalue weighted by molar-refractivity contribution is 7.20. The fourth-order valence-electron chi connectivity index (χ4n) is 7.15. The van der Waals surface area contributed by atoms with Crippen molar-refractivity contribution in [2.24, 2.45) is 0 Å². The Balaban J connectivity index is 0.000000345. The molecule has 0 N–H and O–H groups in total. The second kappa shape index (κ2) is 17.3. The first kappa shape index (κ1) is 47.5. The Morgan fingerprint density at radius 3 is 0.841 bits per heavy atom. The van der Waals surface area contributed by atoms with Gasteiger partial charge in [0.05, 0.1) is 11.6 Å². The molecular formula is C40H17BF20N2. The Hall–Kier alpha value is -6.60. The third-order valence-electron chi connectivity index (χ3n) is 9.91. The van der Waals surface area contributed by atoms with Crippen molar-refractivity contribution in [1.82, 2.24) is 0 Å². The highest BCUT2D eigenvalue weighted by atomic mass is 19.2. The molecule has 0 atom stereocenters. The minimum atomic E-state index is -7.22. The van der Waals surface area contributed by atoms with Crippen molar-refractivity contribution < 1.29 is 92.4 Å². The molecule has 6 aromatic rings. The van der Waals surface area contributed by atoms with Gasteiger partial charge in [0, 0.05) is 17.7 Å². The zero-order valence-electron chi connectivity index (χ0n) is 31.2. The molecule has 6 rings (SSSR count). The van der Waals surface area contributed by atoms with E-state index in [1.165, 1.54) is 22.3 Å². The van der Waals surface area contributed by atoms with Crippen molar-refractivity contribution in [2.45, 2.75) is 27.3 Å². The summed E-state index contributed by atoms with van der Waals surface area (Å²) in [6, 6.07) is 10.3. The van der Waals surface area contributed by atoms with Crippen molar-refractivity contribution >= 4 is 28.0 Å². The summed E-state index contributed by atoms with van der Waals surface area (Å²) in [7, 11) is 0. The molecule has 0 amide bonds. The molecule has 5 aromatic carbocycles. The summed E-state index contributed by atoms with van der Waals surface area (Å²) < 4.78 is 296. The van der Waals surface area contributed by atoms with Gasteiger partial charge in [-0.1, -0.05) is 17.7 Å². The van der Waals surface area contributed by atoms with E-state index in [4.69, 9.17) is 5.26 Å². The fourth-order valence-corrected chi connectivity index (χ4v) is 7.15. The molecule has 0 aliphatic rings. The Kier molecular flexibility index (Phi) is 13.0. The van der Waals surface area contributed by atoms with Crippen LogP contribution in [0.3, 0.4) is 0 Å².